The third kappa shape index (κ3) is 63.2. The monoisotopic (exact) mass is 1310 g/mol. The van der Waals surface area contributed by atoms with Gasteiger partial charge in [-0.1, -0.05) is 311 Å². The van der Waals surface area contributed by atoms with Crippen molar-refractivity contribution in [3.8, 4) is 0 Å². The SMILES string of the molecule is CCCCCCCCCCCCCCCCCCC(=O)O[C@H](COC(=O)CCCCCCCCCCC(C)CC)COP(=O)(O)OC[C@@H](O)COP(=O)(O)OC[C@@H](COC(=O)CCCCCCCCCCCC)OC(=O)CCCCCCCCCCCCC. The third-order valence-corrected chi connectivity index (χ3v) is 18.5. The summed E-state index contributed by atoms with van der Waals surface area (Å²) >= 11 is 0. The van der Waals surface area contributed by atoms with E-state index in [0.29, 0.717) is 25.7 Å². The Kier molecular flexibility index (Phi) is 62.1. The van der Waals surface area contributed by atoms with Gasteiger partial charge in [-0.15, -0.1) is 0 Å². The molecule has 3 N–H and O–H groups in total. The number of hydrogen-bond acceptors (Lipinski definition) is 15. The number of unbranched alkanes of at least 4 members (excludes halogenated alkanes) is 41. The van der Waals surface area contributed by atoms with Crippen molar-refractivity contribution in [2.45, 2.75) is 380 Å². The highest BCUT2D eigenvalue weighted by molar-refractivity contribution is 7.47. The normalized spacial score (nSPS) is 14.4. The summed E-state index contributed by atoms with van der Waals surface area (Å²) in [6.45, 7) is 7.24. The lowest BCUT2D eigenvalue weighted by molar-refractivity contribution is -0.161. The second kappa shape index (κ2) is 63.5. The van der Waals surface area contributed by atoms with E-state index >= 15 is 0 Å². The molecule has 0 saturated carbocycles. The highest BCUT2D eigenvalue weighted by Gasteiger charge is 2.30. The van der Waals surface area contributed by atoms with Crippen LogP contribution >= 0.6 is 15.6 Å². The van der Waals surface area contributed by atoms with Crippen LogP contribution in [0.4, 0.5) is 0 Å². The van der Waals surface area contributed by atoms with Crippen LogP contribution in [0.3, 0.4) is 0 Å². The van der Waals surface area contributed by atoms with Crippen LogP contribution in [0.5, 0.6) is 0 Å². The molecule has 19 heteroatoms. The molecule has 0 bridgehead atoms. The first kappa shape index (κ1) is 87.1. The molecule has 528 valence electrons. The van der Waals surface area contributed by atoms with Crippen LogP contribution in [0.1, 0.15) is 362 Å². The number of phosphoric ester groups is 2. The Balaban J connectivity index is 5.24. The summed E-state index contributed by atoms with van der Waals surface area (Å²) < 4.78 is 68.3. The molecule has 0 heterocycles. The Morgan fingerprint density at radius 1 is 0.315 bits per heavy atom. The number of ether oxygens (including phenoxy) is 4. The number of esters is 4. The minimum Gasteiger partial charge on any atom is -0.462 e. The van der Waals surface area contributed by atoms with Crippen molar-refractivity contribution in [1.29, 1.82) is 0 Å². The first-order chi connectivity index (χ1) is 43.1. The van der Waals surface area contributed by atoms with Crippen molar-refractivity contribution >= 4 is 39.5 Å². The number of aliphatic hydroxyl groups is 1. The molecule has 0 amide bonds. The zero-order chi connectivity index (χ0) is 65.6. The van der Waals surface area contributed by atoms with Gasteiger partial charge in [0.2, 0.25) is 0 Å². The summed E-state index contributed by atoms with van der Waals surface area (Å²) in [6.07, 6.45) is 49.8. The quantitative estimate of drug-likeness (QED) is 0.0222. The molecule has 0 spiro atoms. The zero-order valence-corrected chi connectivity index (χ0v) is 59.4. The molecular weight excluding hydrogens is 1170 g/mol. The average Bonchev–Trinajstić information content (AvgIpc) is 3.64. The highest BCUT2D eigenvalue weighted by Crippen LogP contribution is 2.45. The lowest BCUT2D eigenvalue weighted by Crippen LogP contribution is -2.30. The molecule has 3 unspecified atom stereocenters. The van der Waals surface area contributed by atoms with E-state index in [1.165, 1.54) is 186 Å². The summed E-state index contributed by atoms with van der Waals surface area (Å²) in [7, 11) is -9.90. The molecule has 0 aromatic rings. The van der Waals surface area contributed by atoms with Crippen LogP contribution in [0.2, 0.25) is 0 Å². The van der Waals surface area contributed by atoms with E-state index in [9.17, 15) is 43.2 Å². The van der Waals surface area contributed by atoms with Crippen molar-refractivity contribution in [3.05, 3.63) is 0 Å². The predicted molar refractivity (Wildman–Crippen MR) is 358 cm³/mol. The Morgan fingerprint density at radius 3 is 0.798 bits per heavy atom. The maximum absolute atomic E-state index is 13.0. The van der Waals surface area contributed by atoms with Crippen molar-refractivity contribution in [3.63, 3.8) is 0 Å². The molecule has 0 aliphatic heterocycles. The second-order valence-corrected chi connectivity index (χ2v) is 28.4. The van der Waals surface area contributed by atoms with Crippen molar-refractivity contribution in [2.75, 3.05) is 39.6 Å². The fraction of sp³-hybridized carbons (Fsp3) is 0.943. The first-order valence-electron chi connectivity index (χ1n) is 36.7. The number of carbonyl (C=O) groups excluding carboxylic acids is 4. The molecule has 0 aliphatic rings. The summed E-state index contributed by atoms with van der Waals surface area (Å²) in [5.74, 6) is -1.34. The fourth-order valence-electron chi connectivity index (χ4n) is 10.6. The topological polar surface area (TPSA) is 237 Å². The van der Waals surface area contributed by atoms with Gasteiger partial charge in [0.25, 0.3) is 0 Å². The smallest absolute Gasteiger partial charge is 0.462 e. The van der Waals surface area contributed by atoms with Gasteiger partial charge in [-0.05, 0) is 31.6 Å². The number of rotatable bonds is 70. The number of carbonyl (C=O) groups is 4. The predicted octanol–water partition coefficient (Wildman–Crippen LogP) is 20.1. The summed E-state index contributed by atoms with van der Waals surface area (Å²) in [5, 5.41) is 10.6. The molecule has 89 heavy (non-hydrogen) atoms. The molecule has 0 aromatic carbocycles. The standard InChI is InChI=1S/C70H136O17P2/c1-6-10-13-16-19-22-25-26-27-28-29-31-34-41-46-51-56-70(75)87-66(60-81-68(73)54-49-44-39-36-35-37-42-47-52-63(5)9-4)62-85-89(78,79)83-58-64(71)57-82-88(76,77)84-61-65(59-80-67(72)53-48-43-38-32-24-21-18-15-12-8-3)86-69(74)55-50-45-40-33-30-23-20-17-14-11-7-2/h63-66,71H,6-62H2,1-5H3,(H,76,77)(H,78,79)/t63?,64-,65+,66+/m0/s1. The molecule has 0 radical (unpaired) electrons. The molecule has 17 nitrogen and oxygen atoms in total. The van der Waals surface area contributed by atoms with E-state index in [4.69, 9.17) is 37.0 Å². The largest absolute Gasteiger partial charge is 0.472 e. The maximum Gasteiger partial charge on any atom is 0.472 e. The molecule has 0 fully saturated rings. The number of phosphoric acid groups is 2. The Bertz CT molecular complexity index is 1720. The lowest BCUT2D eigenvalue weighted by atomic mass is 9.99. The van der Waals surface area contributed by atoms with Gasteiger partial charge in [0.05, 0.1) is 26.4 Å². The van der Waals surface area contributed by atoms with Gasteiger partial charge in [0.15, 0.2) is 12.2 Å². The molecule has 0 aliphatic carbocycles. The van der Waals surface area contributed by atoms with E-state index < -0.39 is 97.5 Å². The third-order valence-electron chi connectivity index (χ3n) is 16.6. The van der Waals surface area contributed by atoms with Crippen molar-refractivity contribution in [1.82, 2.24) is 0 Å². The number of aliphatic hydroxyl groups excluding tert-OH is 1. The summed E-state index contributed by atoms with van der Waals surface area (Å²) in [5.41, 5.74) is 0. The summed E-state index contributed by atoms with van der Waals surface area (Å²) in [6, 6.07) is 0. The van der Waals surface area contributed by atoms with Crippen LogP contribution in [0.15, 0.2) is 0 Å². The van der Waals surface area contributed by atoms with Gasteiger partial charge in [0.1, 0.15) is 19.3 Å². The van der Waals surface area contributed by atoms with Crippen LogP contribution < -0.4 is 0 Å². The van der Waals surface area contributed by atoms with E-state index in [1.807, 2.05) is 0 Å². The molecule has 0 rings (SSSR count). The maximum atomic E-state index is 13.0. The zero-order valence-electron chi connectivity index (χ0n) is 57.6. The van der Waals surface area contributed by atoms with E-state index in [1.54, 1.807) is 0 Å². The minimum absolute atomic E-state index is 0.107. The number of hydrogen-bond donors (Lipinski definition) is 3. The minimum atomic E-state index is -4.95. The van der Waals surface area contributed by atoms with Gasteiger partial charge in [-0.2, -0.15) is 0 Å². The average molecular weight is 1310 g/mol. The Labute approximate surface area is 543 Å². The van der Waals surface area contributed by atoms with Crippen LogP contribution in [-0.4, -0.2) is 96.7 Å². The molecule has 0 aromatic heterocycles. The van der Waals surface area contributed by atoms with E-state index in [0.717, 1.165) is 95.8 Å². The van der Waals surface area contributed by atoms with Gasteiger partial charge in [0, 0.05) is 25.7 Å². The first-order valence-corrected chi connectivity index (χ1v) is 39.7. The van der Waals surface area contributed by atoms with E-state index in [-0.39, 0.29) is 25.7 Å². The van der Waals surface area contributed by atoms with Crippen molar-refractivity contribution < 1.29 is 80.2 Å². The molecular formula is C70H136O17P2. The molecule has 0 saturated heterocycles. The van der Waals surface area contributed by atoms with Gasteiger partial charge in [-0.3, -0.25) is 37.3 Å². The Hall–Kier alpha value is -1.94. The second-order valence-electron chi connectivity index (χ2n) is 25.5. The Morgan fingerprint density at radius 2 is 0.539 bits per heavy atom. The van der Waals surface area contributed by atoms with Crippen LogP contribution in [0.25, 0.3) is 0 Å². The van der Waals surface area contributed by atoms with Crippen LogP contribution in [0, 0.1) is 5.92 Å². The van der Waals surface area contributed by atoms with Gasteiger partial charge < -0.3 is 33.8 Å². The van der Waals surface area contributed by atoms with Crippen LogP contribution in [-0.2, 0) is 65.4 Å². The van der Waals surface area contributed by atoms with E-state index in [2.05, 4.69) is 34.6 Å². The molecule has 6 atom stereocenters. The summed E-state index contributed by atoms with van der Waals surface area (Å²) in [4.78, 5) is 72.5. The van der Waals surface area contributed by atoms with Gasteiger partial charge >= 0.3 is 39.5 Å². The van der Waals surface area contributed by atoms with Gasteiger partial charge in [-0.25, -0.2) is 9.13 Å². The lowest BCUT2D eigenvalue weighted by Gasteiger charge is -2.21. The van der Waals surface area contributed by atoms with Crippen molar-refractivity contribution in [2.24, 2.45) is 5.92 Å². The fourth-order valence-corrected chi connectivity index (χ4v) is 12.2. The highest BCUT2D eigenvalue weighted by atomic mass is 31.2.